The van der Waals surface area contributed by atoms with Gasteiger partial charge < -0.3 is 24.0 Å². The Balaban J connectivity index is 0.00000156. The quantitative estimate of drug-likeness (QED) is 0.330. The minimum atomic E-state index is 0. The first-order chi connectivity index (χ1) is 10.7. The van der Waals surface area contributed by atoms with Crippen LogP contribution in [-0.2, 0) is 7.05 Å². The predicted octanol–water partition coefficient (Wildman–Crippen LogP) is 1.20. The summed E-state index contributed by atoms with van der Waals surface area (Å²) in [6.45, 7) is 0. The number of rotatable bonds is 2. The third-order valence-corrected chi connectivity index (χ3v) is 4.78. The highest BCUT2D eigenvalue weighted by molar-refractivity contribution is 7.15. The highest BCUT2D eigenvalue weighted by Gasteiger charge is 2.10. The molecule has 116 valence electrons. The van der Waals surface area contributed by atoms with Gasteiger partial charge in [0.25, 0.3) is 0 Å². The number of nitrogens with zero attached hydrogens (tertiary/aromatic N) is 3. The van der Waals surface area contributed by atoms with Gasteiger partial charge in [0, 0.05) is 23.7 Å². The van der Waals surface area contributed by atoms with Crippen LogP contribution in [0.15, 0.2) is 48.1 Å². The molecule has 3 aromatic heterocycles. The summed E-state index contributed by atoms with van der Waals surface area (Å²) >= 11 is 7.82. The highest BCUT2D eigenvalue weighted by atomic mass is 127. The fourth-order valence-electron chi connectivity index (χ4n) is 2.63. The minimum Gasteiger partial charge on any atom is -1.00 e. The van der Waals surface area contributed by atoms with Gasteiger partial charge in [-0.1, -0.05) is 29.8 Å². The summed E-state index contributed by atoms with van der Waals surface area (Å²) in [4.78, 5) is 5.26. The van der Waals surface area contributed by atoms with Gasteiger partial charge in [0.15, 0.2) is 16.3 Å². The number of pyridine rings is 1. The fraction of sp³-hybridized carbons (Fsp3) is 0.0588. The number of thiazole rings is 1. The molecule has 4 aromatic rings. The van der Waals surface area contributed by atoms with Crippen LogP contribution in [0.2, 0.25) is 5.15 Å². The van der Waals surface area contributed by atoms with E-state index in [1.807, 2.05) is 22.1 Å². The molecule has 0 spiro atoms. The standard InChI is InChI=1S/C17H13ClN3S.HI/c1-20-9-8-12(13-4-2-3-5-14(13)20)6-7-15-16(18)19-17-21(15)10-11-22-17;/h2-11H,1H3;1H/q+1;/p-1. The number of fused-ring (bicyclic) bond motifs is 2. The molecule has 23 heavy (non-hydrogen) atoms. The molecule has 1 aromatic carbocycles. The van der Waals surface area contributed by atoms with Gasteiger partial charge in [-0.3, -0.25) is 4.40 Å². The zero-order chi connectivity index (χ0) is 15.1. The first-order valence-electron chi connectivity index (χ1n) is 6.90. The summed E-state index contributed by atoms with van der Waals surface area (Å²) in [5.74, 6) is 0. The number of hydrogen-bond acceptors (Lipinski definition) is 2. The lowest BCUT2D eigenvalue weighted by molar-refractivity contribution is -0.644. The summed E-state index contributed by atoms with van der Waals surface area (Å²) in [5.41, 5.74) is 3.27. The van der Waals surface area contributed by atoms with Gasteiger partial charge in [0.2, 0.25) is 5.52 Å². The van der Waals surface area contributed by atoms with Crippen molar-refractivity contribution in [3.8, 4) is 0 Å². The van der Waals surface area contributed by atoms with Crippen LogP contribution in [-0.4, -0.2) is 9.38 Å². The fourth-order valence-corrected chi connectivity index (χ4v) is 3.63. The molecule has 0 aliphatic carbocycles. The SMILES string of the molecule is C[n+]1ccc(/C=C/c2c(Cl)nc3sccn23)c2ccccc21.[I-]. The average Bonchev–Trinajstić information content (AvgIpc) is 3.08. The number of para-hydroxylation sites is 1. The molecule has 0 unspecified atom stereocenters. The third-order valence-electron chi connectivity index (χ3n) is 3.75. The second-order valence-electron chi connectivity index (χ2n) is 5.08. The van der Waals surface area contributed by atoms with Crippen molar-refractivity contribution in [3.05, 3.63) is 64.5 Å². The Bertz CT molecular complexity index is 1020. The van der Waals surface area contributed by atoms with E-state index in [-0.39, 0.29) is 24.0 Å². The van der Waals surface area contributed by atoms with Crippen molar-refractivity contribution >= 4 is 51.0 Å². The maximum atomic E-state index is 6.24. The Hall–Kier alpha value is -1.44. The zero-order valence-electron chi connectivity index (χ0n) is 12.3. The maximum absolute atomic E-state index is 6.24. The van der Waals surface area contributed by atoms with E-state index in [0.717, 1.165) is 16.2 Å². The average molecular weight is 454 g/mol. The smallest absolute Gasteiger partial charge is 0.212 e. The zero-order valence-corrected chi connectivity index (χ0v) is 16.0. The van der Waals surface area contributed by atoms with Gasteiger partial charge in [0.1, 0.15) is 7.05 Å². The Morgan fingerprint density at radius 1 is 1.22 bits per heavy atom. The second-order valence-corrected chi connectivity index (χ2v) is 6.31. The molecule has 0 saturated carbocycles. The number of aryl methyl sites for hydroxylation is 1. The molecule has 0 saturated heterocycles. The summed E-state index contributed by atoms with van der Waals surface area (Å²) in [6.07, 6.45) is 8.17. The molecule has 0 aliphatic rings. The maximum Gasteiger partial charge on any atom is 0.212 e. The van der Waals surface area contributed by atoms with Crippen molar-refractivity contribution < 1.29 is 28.5 Å². The molecule has 0 N–H and O–H groups in total. The van der Waals surface area contributed by atoms with Crippen molar-refractivity contribution in [1.82, 2.24) is 9.38 Å². The monoisotopic (exact) mass is 453 g/mol. The number of halogens is 2. The van der Waals surface area contributed by atoms with E-state index in [0.29, 0.717) is 5.15 Å². The van der Waals surface area contributed by atoms with E-state index in [1.165, 1.54) is 10.9 Å². The molecule has 0 fully saturated rings. The first-order valence-corrected chi connectivity index (χ1v) is 8.16. The predicted molar refractivity (Wildman–Crippen MR) is 92.1 cm³/mol. The Morgan fingerprint density at radius 3 is 2.91 bits per heavy atom. The van der Waals surface area contributed by atoms with E-state index >= 15 is 0 Å². The molecular formula is C17H13ClIN3S. The van der Waals surface area contributed by atoms with Crippen LogP contribution in [0.5, 0.6) is 0 Å². The molecule has 0 atom stereocenters. The lowest BCUT2D eigenvalue weighted by Gasteiger charge is -2.00. The Morgan fingerprint density at radius 2 is 2.04 bits per heavy atom. The van der Waals surface area contributed by atoms with Gasteiger partial charge >= 0.3 is 0 Å². The first kappa shape index (κ1) is 16.4. The van der Waals surface area contributed by atoms with E-state index in [1.54, 1.807) is 11.3 Å². The van der Waals surface area contributed by atoms with Crippen LogP contribution in [0.25, 0.3) is 28.0 Å². The summed E-state index contributed by atoms with van der Waals surface area (Å²) in [7, 11) is 2.05. The molecule has 3 heterocycles. The number of hydrogen-bond donors (Lipinski definition) is 0. The van der Waals surface area contributed by atoms with Crippen LogP contribution in [0.1, 0.15) is 11.3 Å². The molecule has 6 heteroatoms. The summed E-state index contributed by atoms with van der Waals surface area (Å²) in [5, 5.41) is 3.76. The van der Waals surface area contributed by atoms with Gasteiger partial charge in [-0.25, -0.2) is 9.55 Å². The normalized spacial score (nSPS) is 11.4. The molecule has 3 nitrogen and oxygen atoms in total. The van der Waals surface area contributed by atoms with Crippen molar-refractivity contribution in [1.29, 1.82) is 0 Å². The van der Waals surface area contributed by atoms with E-state index in [2.05, 4.69) is 59.2 Å². The second kappa shape index (κ2) is 6.59. The summed E-state index contributed by atoms with van der Waals surface area (Å²) < 4.78 is 4.13. The van der Waals surface area contributed by atoms with Gasteiger partial charge in [-0.15, -0.1) is 11.3 Å². The van der Waals surface area contributed by atoms with Crippen LogP contribution in [0.3, 0.4) is 0 Å². The lowest BCUT2D eigenvalue weighted by atomic mass is 10.1. The molecule has 0 bridgehead atoms. The lowest BCUT2D eigenvalue weighted by Crippen LogP contribution is -3.00. The highest BCUT2D eigenvalue weighted by Crippen LogP contribution is 2.24. The number of imidazole rings is 1. The van der Waals surface area contributed by atoms with Gasteiger partial charge in [-0.2, -0.15) is 0 Å². The Labute approximate surface area is 159 Å². The van der Waals surface area contributed by atoms with Crippen LogP contribution >= 0.6 is 22.9 Å². The molecular weight excluding hydrogens is 441 g/mol. The molecule has 0 radical (unpaired) electrons. The summed E-state index contributed by atoms with van der Waals surface area (Å²) in [6, 6.07) is 10.5. The van der Waals surface area contributed by atoms with Crippen LogP contribution in [0.4, 0.5) is 0 Å². The molecule has 0 amide bonds. The number of benzene rings is 1. The minimum absolute atomic E-state index is 0. The molecule has 4 rings (SSSR count). The van der Waals surface area contributed by atoms with E-state index in [9.17, 15) is 0 Å². The molecule has 0 aliphatic heterocycles. The van der Waals surface area contributed by atoms with Crippen LogP contribution in [0, 0.1) is 0 Å². The van der Waals surface area contributed by atoms with Crippen molar-refractivity contribution in [3.63, 3.8) is 0 Å². The van der Waals surface area contributed by atoms with Crippen LogP contribution < -0.4 is 28.5 Å². The Kier molecular flexibility index (Phi) is 4.70. The van der Waals surface area contributed by atoms with Gasteiger partial charge in [-0.05, 0) is 17.7 Å². The largest absolute Gasteiger partial charge is 1.00 e. The van der Waals surface area contributed by atoms with Crippen molar-refractivity contribution in [2.45, 2.75) is 0 Å². The van der Waals surface area contributed by atoms with Crippen molar-refractivity contribution in [2.24, 2.45) is 7.05 Å². The number of aromatic nitrogens is 3. The third kappa shape index (κ3) is 2.88. The topological polar surface area (TPSA) is 21.2 Å². The van der Waals surface area contributed by atoms with Gasteiger partial charge in [0.05, 0.1) is 11.1 Å². The van der Waals surface area contributed by atoms with E-state index in [4.69, 9.17) is 11.6 Å². The van der Waals surface area contributed by atoms with E-state index < -0.39 is 0 Å². The van der Waals surface area contributed by atoms with Crippen molar-refractivity contribution in [2.75, 3.05) is 0 Å².